The summed E-state index contributed by atoms with van der Waals surface area (Å²) in [5.74, 6) is -0.285. The van der Waals surface area contributed by atoms with E-state index >= 15 is 0 Å². The fourth-order valence-corrected chi connectivity index (χ4v) is 4.51. The van der Waals surface area contributed by atoms with Crippen LogP contribution >= 0.6 is 11.6 Å². The van der Waals surface area contributed by atoms with Crippen LogP contribution in [-0.4, -0.2) is 68.9 Å². The number of sulfonamides is 1. The van der Waals surface area contributed by atoms with Crippen molar-refractivity contribution in [1.82, 2.24) is 14.2 Å². The molecule has 0 aliphatic carbocycles. The molecule has 0 saturated carbocycles. The van der Waals surface area contributed by atoms with E-state index in [2.05, 4.69) is 5.32 Å². The molecular weight excluding hydrogens is 406 g/mol. The van der Waals surface area contributed by atoms with Crippen LogP contribution in [0.25, 0.3) is 5.69 Å². The second-order valence-corrected chi connectivity index (χ2v) is 8.67. The summed E-state index contributed by atoms with van der Waals surface area (Å²) in [6, 6.07) is 6.90. The van der Waals surface area contributed by atoms with Gasteiger partial charge < -0.3 is 19.4 Å². The number of aromatic nitrogens is 1. The number of nitrogens with one attached hydrogen (secondary N) is 1. The Balaban J connectivity index is 1.68. The third kappa shape index (κ3) is 4.67. The Labute approximate surface area is 169 Å². The molecule has 1 amide bonds. The number of carbonyl (C=O) groups is 1. The molecule has 2 aromatic rings. The van der Waals surface area contributed by atoms with Crippen molar-refractivity contribution < 1.29 is 22.7 Å². The molecule has 1 saturated heterocycles. The van der Waals surface area contributed by atoms with Crippen LogP contribution in [0.5, 0.6) is 5.75 Å². The lowest BCUT2D eigenvalue weighted by molar-refractivity contribution is 0.0730. The van der Waals surface area contributed by atoms with Gasteiger partial charge in [-0.15, -0.1) is 0 Å². The molecule has 0 spiro atoms. The van der Waals surface area contributed by atoms with Crippen molar-refractivity contribution in [3.63, 3.8) is 0 Å². The van der Waals surface area contributed by atoms with Crippen LogP contribution in [0.4, 0.5) is 0 Å². The number of halogens is 1. The summed E-state index contributed by atoms with van der Waals surface area (Å²) in [4.78, 5) is 12.6. The predicted molar refractivity (Wildman–Crippen MR) is 106 cm³/mol. The molecular formula is C18H22ClN3O5S. The average molecular weight is 428 g/mol. The lowest BCUT2D eigenvalue weighted by atomic mass is 10.1. The first-order valence-corrected chi connectivity index (χ1v) is 10.8. The SMILES string of the molecule is COc1cc(-n2cccc2)c(Cl)cc1C(=O)NCCS(=O)(=O)N1CCOCC1. The lowest BCUT2D eigenvalue weighted by Gasteiger charge is -2.26. The highest BCUT2D eigenvalue weighted by Gasteiger charge is 2.24. The van der Waals surface area contributed by atoms with Gasteiger partial charge >= 0.3 is 0 Å². The maximum atomic E-state index is 12.6. The molecule has 28 heavy (non-hydrogen) atoms. The third-order valence-corrected chi connectivity index (χ3v) is 6.58. The molecule has 3 rings (SSSR count). The summed E-state index contributed by atoms with van der Waals surface area (Å²) in [6.07, 6.45) is 3.66. The zero-order chi connectivity index (χ0) is 20.1. The molecule has 8 nitrogen and oxygen atoms in total. The van der Waals surface area contributed by atoms with Crippen molar-refractivity contribution in [2.75, 3.05) is 45.7 Å². The van der Waals surface area contributed by atoms with Crippen LogP contribution in [0.15, 0.2) is 36.7 Å². The van der Waals surface area contributed by atoms with Crippen molar-refractivity contribution in [2.45, 2.75) is 0 Å². The van der Waals surface area contributed by atoms with E-state index in [-0.39, 0.29) is 17.9 Å². The van der Waals surface area contributed by atoms with Gasteiger partial charge in [0, 0.05) is 38.1 Å². The van der Waals surface area contributed by atoms with Gasteiger partial charge in [-0.2, -0.15) is 4.31 Å². The number of nitrogens with zero attached hydrogens (tertiary/aromatic N) is 2. The molecule has 2 heterocycles. The fraction of sp³-hybridized carbons (Fsp3) is 0.389. The first-order valence-electron chi connectivity index (χ1n) is 8.77. The Bertz CT molecular complexity index is 925. The van der Waals surface area contributed by atoms with Gasteiger partial charge in [0.25, 0.3) is 5.91 Å². The van der Waals surface area contributed by atoms with E-state index in [1.165, 1.54) is 17.5 Å². The predicted octanol–water partition coefficient (Wildman–Crippen LogP) is 1.53. The molecule has 1 fully saturated rings. The molecule has 0 radical (unpaired) electrons. The van der Waals surface area contributed by atoms with Crippen LogP contribution in [0.2, 0.25) is 5.02 Å². The molecule has 0 bridgehead atoms. The van der Waals surface area contributed by atoms with Crippen molar-refractivity contribution in [2.24, 2.45) is 0 Å². The second kappa shape index (κ2) is 8.95. The molecule has 1 aliphatic rings. The molecule has 0 unspecified atom stereocenters. The van der Waals surface area contributed by atoms with Crippen LogP contribution in [-0.2, 0) is 14.8 Å². The quantitative estimate of drug-likeness (QED) is 0.723. The van der Waals surface area contributed by atoms with E-state index in [1.54, 1.807) is 10.6 Å². The number of amides is 1. The summed E-state index contributed by atoms with van der Waals surface area (Å²) >= 11 is 6.33. The van der Waals surface area contributed by atoms with Gasteiger partial charge in [0.05, 0.1) is 42.3 Å². The smallest absolute Gasteiger partial charge is 0.255 e. The highest BCUT2D eigenvalue weighted by atomic mass is 35.5. The molecule has 1 N–H and O–H groups in total. The van der Waals surface area contributed by atoms with E-state index in [9.17, 15) is 13.2 Å². The first-order chi connectivity index (χ1) is 13.4. The molecule has 1 aromatic heterocycles. The molecule has 0 atom stereocenters. The van der Waals surface area contributed by atoms with Gasteiger partial charge in [0.1, 0.15) is 5.75 Å². The number of rotatable bonds is 7. The standard InChI is InChI=1S/C18H22ClN3O5S/c1-26-17-13-16(21-5-2-3-6-21)15(19)12-14(17)18(23)20-4-11-28(24,25)22-7-9-27-10-8-22/h2-3,5-6,12-13H,4,7-11H2,1H3,(H,20,23). The Morgan fingerprint density at radius 3 is 2.57 bits per heavy atom. The summed E-state index contributed by atoms with van der Waals surface area (Å²) in [5, 5.41) is 3.01. The fourth-order valence-electron chi connectivity index (χ4n) is 2.92. The van der Waals surface area contributed by atoms with Crippen LogP contribution in [0.1, 0.15) is 10.4 Å². The van der Waals surface area contributed by atoms with Gasteiger partial charge in [-0.1, -0.05) is 11.6 Å². The largest absolute Gasteiger partial charge is 0.496 e. The maximum absolute atomic E-state index is 12.6. The molecule has 10 heteroatoms. The summed E-state index contributed by atoms with van der Waals surface area (Å²) in [6.45, 7) is 1.42. The molecule has 152 valence electrons. The second-order valence-electron chi connectivity index (χ2n) is 6.18. The molecule has 1 aliphatic heterocycles. The van der Waals surface area contributed by atoms with Crippen molar-refractivity contribution >= 4 is 27.5 Å². The van der Waals surface area contributed by atoms with Crippen molar-refractivity contribution in [1.29, 1.82) is 0 Å². The first kappa shape index (κ1) is 20.7. The normalized spacial score (nSPS) is 15.4. The Morgan fingerprint density at radius 1 is 1.25 bits per heavy atom. The van der Waals surface area contributed by atoms with E-state index in [1.807, 2.05) is 24.5 Å². The monoisotopic (exact) mass is 427 g/mol. The van der Waals surface area contributed by atoms with Gasteiger partial charge in [0.2, 0.25) is 10.0 Å². The topological polar surface area (TPSA) is 89.9 Å². The zero-order valence-electron chi connectivity index (χ0n) is 15.4. The number of ether oxygens (including phenoxy) is 2. The number of hydrogen-bond acceptors (Lipinski definition) is 5. The van der Waals surface area contributed by atoms with Gasteiger partial charge in [-0.3, -0.25) is 4.79 Å². The Kier molecular flexibility index (Phi) is 6.61. The minimum Gasteiger partial charge on any atom is -0.496 e. The minimum atomic E-state index is -3.44. The maximum Gasteiger partial charge on any atom is 0.255 e. The highest BCUT2D eigenvalue weighted by molar-refractivity contribution is 7.89. The van der Waals surface area contributed by atoms with Crippen molar-refractivity contribution in [3.05, 3.63) is 47.2 Å². The van der Waals surface area contributed by atoms with E-state index < -0.39 is 15.9 Å². The summed E-state index contributed by atoms with van der Waals surface area (Å²) < 4.78 is 38.3. The van der Waals surface area contributed by atoms with E-state index in [0.717, 1.165) is 0 Å². The van der Waals surface area contributed by atoms with Gasteiger partial charge in [-0.25, -0.2) is 8.42 Å². The average Bonchev–Trinajstić information content (AvgIpc) is 3.22. The lowest BCUT2D eigenvalue weighted by Crippen LogP contribution is -2.43. The zero-order valence-corrected chi connectivity index (χ0v) is 17.0. The van der Waals surface area contributed by atoms with E-state index in [4.69, 9.17) is 21.1 Å². The summed E-state index contributed by atoms with van der Waals surface area (Å²) in [5.41, 5.74) is 0.919. The number of benzene rings is 1. The van der Waals surface area contributed by atoms with Crippen LogP contribution < -0.4 is 10.1 Å². The number of methoxy groups -OCH3 is 1. The number of carbonyl (C=O) groups excluding carboxylic acids is 1. The minimum absolute atomic E-state index is 0.0152. The Morgan fingerprint density at radius 2 is 1.93 bits per heavy atom. The van der Waals surface area contributed by atoms with Gasteiger partial charge in [-0.05, 0) is 18.2 Å². The third-order valence-electron chi connectivity index (χ3n) is 4.41. The number of hydrogen-bond donors (Lipinski definition) is 1. The number of morpholine rings is 1. The van der Waals surface area contributed by atoms with Crippen LogP contribution in [0, 0.1) is 0 Å². The van der Waals surface area contributed by atoms with Crippen LogP contribution in [0.3, 0.4) is 0 Å². The van der Waals surface area contributed by atoms with Gasteiger partial charge in [0.15, 0.2) is 0 Å². The molecule has 1 aromatic carbocycles. The Hall–Kier alpha value is -2.07. The van der Waals surface area contributed by atoms with Crippen molar-refractivity contribution in [3.8, 4) is 11.4 Å². The van der Waals surface area contributed by atoms with E-state index in [0.29, 0.717) is 42.8 Å². The summed E-state index contributed by atoms with van der Waals surface area (Å²) in [7, 11) is -1.98. The highest BCUT2D eigenvalue weighted by Crippen LogP contribution is 2.30.